The maximum absolute atomic E-state index is 12.4. The van der Waals surface area contributed by atoms with Crippen molar-refractivity contribution in [1.29, 1.82) is 5.26 Å². The van der Waals surface area contributed by atoms with Crippen LogP contribution in [0.15, 0.2) is 22.6 Å². The van der Waals surface area contributed by atoms with Crippen molar-refractivity contribution in [2.24, 2.45) is 0 Å². The number of carbonyl (C=O) groups is 3. The second kappa shape index (κ2) is 6.38. The van der Waals surface area contributed by atoms with E-state index < -0.39 is 34.9 Å². The lowest BCUT2D eigenvalue weighted by Crippen LogP contribution is -2.37. The molecule has 0 radical (unpaired) electrons. The summed E-state index contributed by atoms with van der Waals surface area (Å²) in [5.74, 6) is -2.15. The number of anilines is 1. The van der Waals surface area contributed by atoms with Crippen molar-refractivity contribution in [3.63, 3.8) is 0 Å². The first kappa shape index (κ1) is 17.8. The molecule has 27 heavy (non-hydrogen) atoms. The second-order valence-corrected chi connectivity index (χ2v) is 5.80. The van der Waals surface area contributed by atoms with Crippen LogP contribution < -0.4 is 5.32 Å². The molecule has 3 amide bonds. The van der Waals surface area contributed by atoms with E-state index in [1.807, 2.05) is 6.07 Å². The van der Waals surface area contributed by atoms with E-state index in [-0.39, 0.29) is 22.6 Å². The van der Waals surface area contributed by atoms with Crippen LogP contribution in [0.3, 0.4) is 0 Å². The van der Waals surface area contributed by atoms with Gasteiger partial charge in [-0.25, -0.2) is 0 Å². The van der Waals surface area contributed by atoms with Gasteiger partial charge in [0.25, 0.3) is 17.5 Å². The molecule has 2 aromatic rings. The van der Waals surface area contributed by atoms with Crippen molar-refractivity contribution < 1.29 is 23.7 Å². The highest BCUT2D eigenvalue weighted by Gasteiger charge is 2.41. The number of nitro benzene ring substituents is 1. The number of fused-ring (bicyclic) bond motifs is 1. The Bertz CT molecular complexity index is 1060. The van der Waals surface area contributed by atoms with Gasteiger partial charge in [0.1, 0.15) is 29.5 Å². The summed E-state index contributed by atoms with van der Waals surface area (Å²) < 4.78 is 5.31. The minimum absolute atomic E-state index is 0.0833. The number of hydrogen-bond donors (Lipinski definition) is 1. The Hall–Kier alpha value is -4.00. The molecular weight excluding hydrogens is 356 g/mol. The zero-order chi connectivity index (χ0) is 19.9. The summed E-state index contributed by atoms with van der Waals surface area (Å²) in [6.07, 6.45) is 0. The first-order valence-electron chi connectivity index (χ1n) is 7.69. The second-order valence-electron chi connectivity index (χ2n) is 5.80. The number of nitriles is 1. The van der Waals surface area contributed by atoms with Gasteiger partial charge in [0.15, 0.2) is 0 Å². The molecule has 1 aliphatic rings. The Labute approximate surface area is 152 Å². The molecule has 0 spiro atoms. The summed E-state index contributed by atoms with van der Waals surface area (Å²) in [5, 5.41) is 22.6. The summed E-state index contributed by atoms with van der Waals surface area (Å²) in [4.78, 5) is 48.0. The minimum atomic E-state index is -0.926. The predicted octanol–water partition coefficient (Wildman–Crippen LogP) is 1.91. The van der Waals surface area contributed by atoms with Crippen molar-refractivity contribution in [1.82, 2.24) is 4.90 Å². The number of furan rings is 1. The smallest absolute Gasteiger partial charge is 0.282 e. The summed E-state index contributed by atoms with van der Waals surface area (Å²) in [6.45, 7) is 2.60. The van der Waals surface area contributed by atoms with Crippen LogP contribution in [0.4, 0.5) is 11.6 Å². The quantitative estimate of drug-likeness (QED) is 0.492. The maximum Gasteiger partial charge on any atom is 0.282 e. The van der Waals surface area contributed by atoms with Crippen molar-refractivity contribution >= 4 is 29.3 Å². The van der Waals surface area contributed by atoms with E-state index in [1.54, 1.807) is 13.8 Å². The molecule has 3 rings (SSSR count). The van der Waals surface area contributed by atoms with E-state index in [2.05, 4.69) is 5.32 Å². The molecule has 1 aliphatic heterocycles. The number of rotatable bonds is 4. The summed E-state index contributed by atoms with van der Waals surface area (Å²) in [5.41, 5.74) is -0.284. The van der Waals surface area contributed by atoms with Gasteiger partial charge in [0, 0.05) is 11.6 Å². The van der Waals surface area contributed by atoms with Crippen LogP contribution >= 0.6 is 0 Å². The first-order valence-corrected chi connectivity index (χ1v) is 7.69. The highest BCUT2D eigenvalue weighted by molar-refractivity contribution is 6.24. The molecule has 0 unspecified atom stereocenters. The minimum Gasteiger partial charge on any atom is -0.444 e. The van der Waals surface area contributed by atoms with E-state index in [9.17, 15) is 24.5 Å². The molecule has 1 aromatic heterocycles. The van der Waals surface area contributed by atoms with E-state index in [4.69, 9.17) is 9.68 Å². The standard InChI is InChI=1S/C17H12N4O6/c1-8-9(2)27-15(11(8)6-18)19-13(22)7-20-16(23)10-4-3-5-12(21(25)26)14(10)17(20)24/h3-5H,7H2,1-2H3,(H,19,22). The third-order valence-corrected chi connectivity index (χ3v) is 4.23. The molecule has 136 valence electrons. The molecule has 10 nitrogen and oxygen atoms in total. The third-order valence-electron chi connectivity index (χ3n) is 4.23. The number of nitro groups is 1. The van der Waals surface area contributed by atoms with Gasteiger partial charge in [-0.1, -0.05) is 6.07 Å². The largest absolute Gasteiger partial charge is 0.444 e. The van der Waals surface area contributed by atoms with Crippen LogP contribution in [0.5, 0.6) is 0 Å². The molecule has 0 aliphatic carbocycles. The van der Waals surface area contributed by atoms with E-state index in [0.717, 1.165) is 6.07 Å². The van der Waals surface area contributed by atoms with E-state index in [0.29, 0.717) is 16.2 Å². The Morgan fingerprint density at radius 2 is 2.04 bits per heavy atom. The lowest BCUT2D eigenvalue weighted by Gasteiger charge is -2.12. The molecule has 1 N–H and O–H groups in total. The van der Waals surface area contributed by atoms with Crippen LogP contribution in [-0.4, -0.2) is 34.1 Å². The molecular formula is C17H12N4O6. The Kier molecular flexibility index (Phi) is 4.21. The lowest BCUT2D eigenvalue weighted by atomic mass is 10.1. The SMILES string of the molecule is Cc1oc(NC(=O)CN2C(=O)c3cccc([N+](=O)[O-])c3C2=O)c(C#N)c1C. The Morgan fingerprint density at radius 1 is 1.33 bits per heavy atom. The third kappa shape index (κ3) is 2.81. The molecule has 0 bridgehead atoms. The van der Waals surface area contributed by atoms with E-state index >= 15 is 0 Å². The molecule has 0 fully saturated rings. The average Bonchev–Trinajstić information content (AvgIpc) is 3.03. The number of imide groups is 1. The van der Waals surface area contributed by atoms with Crippen LogP contribution in [-0.2, 0) is 4.79 Å². The van der Waals surface area contributed by atoms with Crippen molar-refractivity contribution in [3.8, 4) is 6.07 Å². The van der Waals surface area contributed by atoms with Gasteiger partial charge in [-0.3, -0.25) is 34.7 Å². The number of nitrogens with one attached hydrogen (secondary N) is 1. The van der Waals surface area contributed by atoms with Gasteiger partial charge >= 0.3 is 0 Å². The lowest BCUT2D eigenvalue weighted by molar-refractivity contribution is -0.385. The molecule has 10 heteroatoms. The van der Waals surface area contributed by atoms with Gasteiger partial charge in [-0.05, 0) is 19.9 Å². The first-order chi connectivity index (χ1) is 12.8. The predicted molar refractivity (Wildman–Crippen MR) is 90.0 cm³/mol. The summed E-state index contributed by atoms with van der Waals surface area (Å²) in [7, 11) is 0. The molecule has 0 saturated carbocycles. The van der Waals surface area contributed by atoms with Crippen LogP contribution in [0, 0.1) is 35.3 Å². The number of amides is 3. The fourth-order valence-electron chi connectivity index (χ4n) is 2.77. The topological polar surface area (TPSA) is 147 Å². The van der Waals surface area contributed by atoms with Gasteiger partial charge in [-0.15, -0.1) is 0 Å². The monoisotopic (exact) mass is 368 g/mol. The van der Waals surface area contributed by atoms with Gasteiger partial charge in [-0.2, -0.15) is 5.26 Å². The molecule has 0 saturated heterocycles. The van der Waals surface area contributed by atoms with Crippen LogP contribution in [0.25, 0.3) is 0 Å². The van der Waals surface area contributed by atoms with Crippen molar-refractivity contribution in [3.05, 3.63) is 56.3 Å². The van der Waals surface area contributed by atoms with Gasteiger partial charge in [0.2, 0.25) is 11.8 Å². The maximum atomic E-state index is 12.4. The Morgan fingerprint density at radius 3 is 2.67 bits per heavy atom. The fourth-order valence-corrected chi connectivity index (χ4v) is 2.77. The summed E-state index contributed by atoms with van der Waals surface area (Å²) in [6, 6.07) is 5.59. The van der Waals surface area contributed by atoms with Crippen molar-refractivity contribution in [2.75, 3.05) is 11.9 Å². The Balaban J connectivity index is 1.84. The van der Waals surface area contributed by atoms with Crippen molar-refractivity contribution in [2.45, 2.75) is 13.8 Å². The summed E-state index contributed by atoms with van der Waals surface area (Å²) >= 11 is 0. The highest BCUT2D eigenvalue weighted by atomic mass is 16.6. The molecule has 2 heterocycles. The van der Waals surface area contributed by atoms with Crippen LogP contribution in [0.1, 0.15) is 37.6 Å². The fraction of sp³-hybridized carbons (Fsp3) is 0.176. The number of carbonyl (C=O) groups excluding carboxylic acids is 3. The number of aryl methyl sites for hydroxylation is 1. The van der Waals surface area contributed by atoms with Gasteiger partial charge < -0.3 is 4.42 Å². The average molecular weight is 368 g/mol. The molecule has 0 atom stereocenters. The van der Waals surface area contributed by atoms with E-state index in [1.165, 1.54) is 12.1 Å². The van der Waals surface area contributed by atoms with Gasteiger partial charge in [0.05, 0.1) is 10.5 Å². The number of nitrogens with zero attached hydrogens (tertiary/aromatic N) is 3. The van der Waals surface area contributed by atoms with Crippen LogP contribution in [0.2, 0.25) is 0 Å². The zero-order valence-electron chi connectivity index (χ0n) is 14.2. The molecule has 1 aromatic carbocycles. The zero-order valence-corrected chi connectivity index (χ0v) is 14.2. The number of hydrogen-bond acceptors (Lipinski definition) is 7. The normalized spacial score (nSPS) is 12.7. The number of benzene rings is 1. The highest BCUT2D eigenvalue weighted by Crippen LogP contribution is 2.31.